The summed E-state index contributed by atoms with van der Waals surface area (Å²) in [6.07, 6.45) is 0.123. The van der Waals surface area contributed by atoms with Gasteiger partial charge >= 0.3 is 0 Å². The van der Waals surface area contributed by atoms with Crippen molar-refractivity contribution in [1.29, 1.82) is 0 Å². The number of hydrogen-bond donors (Lipinski definition) is 0. The number of morpholine rings is 1. The van der Waals surface area contributed by atoms with Gasteiger partial charge in [0.25, 0.3) is 0 Å². The molecule has 3 nitrogen and oxygen atoms in total. The third-order valence-corrected chi connectivity index (χ3v) is 3.28. The number of hydrogen-bond acceptors (Lipinski definition) is 3. The second-order valence-electron chi connectivity index (χ2n) is 4.75. The van der Waals surface area contributed by atoms with Crippen LogP contribution in [0.2, 0.25) is 0 Å². The van der Waals surface area contributed by atoms with Crippen LogP contribution in [-0.4, -0.2) is 44.4 Å². The maximum absolute atomic E-state index is 13.2. The summed E-state index contributed by atoms with van der Waals surface area (Å²) in [5, 5.41) is 0. The zero-order chi connectivity index (χ0) is 13.0. The van der Waals surface area contributed by atoms with E-state index >= 15 is 0 Å². The molecule has 0 saturated carbocycles. The zero-order valence-electron chi connectivity index (χ0n) is 11.0. The van der Waals surface area contributed by atoms with Crippen molar-refractivity contribution in [2.45, 2.75) is 19.6 Å². The predicted octanol–water partition coefficient (Wildman–Crippen LogP) is 1.98. The molecule has 1 atom stereocenters. The monoisotopic (exact) mass is 253 g/mol. The van der Waals surface area contributed by atoms with E-state index in [0.717, 1.165) is 30.8 Å². The van der Waals surface area contributed by atoms with Crippen LogP contribution >= 0.6 is 0 Å². The van der Waals surface area contributed by atoms with Gasteiger partial charge in [-0.15, -0.1) is 0 Å². The Kier molecular flexibility index (Phi) is 4.69. The zero-order valence-corrected chi connectivity index (χ0v) is 11.0. The molecule has 1 saturated heterocycles. The third-order valence-electron chi connectivity index (χ3n) is 3.28. The summed E-state index contributed by atoms with van der Waals surface area (Å²) in [6, 6.07) is 4.96. The largest absolute Gasteiger partial charge is 0.382 e. The average Bonchev–Trinajstić information content (AvgIpc) is 2.35. The van der Waals surface area contributed by atoms with Crippen molar-refractivity contribution in [3.05, 3.63) is 35.1 Å². The minimum absolute atomic E-state index is 0.123. The lowest BCUT2D eigenvalue weighted by molar-refractivity contribution is -0.0631. The summed E-state index contributed by atoms with van der Waals surface area (Å²) in [5.74, 6) is -0.169. The molecular weight excluding hydrogens is 233 g/mol. The Labute approximate surface area is 107 Å². The summed E-state index contributed by atoms with van der Waals surface area (Å²) in [6.45, 7) is 5.83. The molecular formula is C14H20FNO2. The lowest BCUT2D eigenvalue weighted by atomic mass is 10.1. The maximum atomic E-state index is 13.2. The predicted molar refractivity (Wildman–Crippen MR) is 68.0 cm³/mol. The topological polar surface area (TPSA) is 21.7 Å². The third kappa shape index (κ3) is 3.51. The lowest BCUT2D eigenvalue weighted by Gasteiger charge is -2.32. The molecule has 0 aliphatic carbocycles. The van der Waals surface area contributed by atoms with E-state index in [4.69, 9.17) is 9.47 Å². The maximum Gasteiger partial charge on any atom is 0.123 e. The standard InChI is InChI=1S/C14H20FNO2/c1-11-3-4-13(15)7-12(11)8-16-5-6-18-14(9-16)10-17-2/h3-4,7,14H,5-6,8-10H2,1-2H3/t14-/m0/s1. The lowest BCUT2D eigenvalue weighted by Crippen LogP contribution is -2.43. The molecule has 0 aromatic heterocycles. The average molecular weight is 253 g/mol. The van der Waals surface area contributed by atoms with Gasteiger partial charge in [-0.05, 0) is 30.2 Å². The van der Waals surface area contributed by atoms with Gasteiger partial charge in [-0.1, -0.05) is 6.07 Å². The molecule has 1 heterocycles. The van der Waals surface area contributed by atoms with Crippen molar-refractivity contribution in [2.24, 2.45) is 0 Å². The summed E-state index contributed by atoms with van der Waals surface area (Å²) >= 11 is 0. The normalized spacial score (nSPS) is 21.2. The van der Waals surface area contributed by atoms with Crippen molar-refractivity contribution < 1.29 is 13.9 Å². The van der Waals surface area contributed by atoms with E-state index < -0.39 is 0 Å². The minimum Gasteiger partial charge on any atom is -0.382 e. The van der Waals surface area contributed by atoms with Crippen LogP contribution in [0.25, 0.3) is 0 Å². The van der Waals surface area contributed by atoms with Gasteiger partial charge in [-0.3, -0.25) is 4.90 Å². The number of aryl methyl sites for hydroxylation is 1. The first-order valence-electron chi connectivity index (χ1n) is 6.27. The Morgan fingerprint density at radius 1 is 1.50 bits per heavy atom. The molecule has 4 heteroatoms. The Balaban J connectivity index is 1.98. The van der Waals surface area contributed by atoms with Crippen molar-refractivity contribution >= 4 is 0 Å². The highest BCUT2D eigenvalue weighted by atomic mass is 19.1. The number of halogens is 1. The van der Waals surface area contributed by atoms with Gasteiger partial charge < -0.3 is 9.47 Å². The fraction of sp³-hybridized carbons (Fsp3) is 0.571. The van der Waals surface area contributed by atoms with Gasteiger partial charge in [0.05, 0.1) is 19.3 Å². The number of ether oxygens (including phenoxy) is 2. The molecule has 0 bridgehead atoms. The van der Waals surface area contributed by atoms with Crippen molar-refractivity contribution in [2.75, 3.05) is 33.4 Å². The van der Waals surface area contributed by atoms with Crippen LogP contribution in [0.15, 0.2) is 18.2 Å². The smallest absolute Gasteiger partial charge is 0.123 e. The molecule has 18 heavy (non-hydrogen) atoms. The van der Waals surface area contributed by atoms with Crippen LogP contribution in [0.4, 0.5) is 4.39 Å². The quantitative estimate of drug-likeness (QED) is 0.819. The molecule has 2 rings (SSSR count). The van der Waals surface area contributed by atoms with Crippen molar-refractivity contribution in [3.8, 4) is 0 Å². The molecule has 0 radical (unpaired) electrons. The van der Waals surface area contributed by atoms with Crippen LogP contribution < -0.4 is 0 Å². The second-order valence-corrected chi connectivity index (χ2v) is 4.75. The van der Waals surface area contributed by atoms with Gasteiger partial charge in [-0.25, -0.2) is 4.39 Å². The van der Waals surface area contributed by atoms with Crippen LogP contribution in [0.1, 0.15) is 11.1 Å². The molecule has 1 aromatic carbocycles. The van der Waals surface area contributed by atoms with Crippen LogP contribution in [0.3, 0.4) is 0 Å². The Bertz CT molecular complexity index is 395. The van der Waals surface area contributed by atoms with E-state index in [1.165, 1.54) is 6.07 Å². The van der Waals surface area contributed by atoms with E-state index in [2.05, 4.69) is 4.90 Å². The second kappa shape index (κ2) is 6.27. The molecule has 1 aliphatic rings. The van der Waals surface area contributed by atoms with Crippen LogP contribution in [-0.2, 0) is 16.0 Å². The summed E-state index contributed by atoms with van der Waals surface area (Å²) in [5.41, 5.74) is 2.18. The highest BCUT2D eigenvalue weighted by Crippen LogP contribution is 2.15. The van der Waals surface area contributed by atoms with E-state index in [-0.39, 0.29) is 11.9 Å². The van der Waals surface area contributed by atoms with Crippen molar-refractivity contribution in [3.63, 3.8) is 0 Å². The number of benzene rings is 1. The first-order chi connectivity index (χ1) is 8.69. The highest BCUT2D eigenvalue weighted by molar-refractivity contribution is 5.26. The van der Waals surface area contributed by atoms with E-state index in [0.29, 0.717) is 13.2 Å². The van der Waals surface area contributed by atoms with Crippen LogP contribution in [0.5, 0.6) is 0 Å². The Morgan fingerprint density at radius 3 is 3.11 bits per heavy atom. The van der Waals surface area contributed by atoms with Gasteiger partial charge in [0.15, 0.2) is 0 Å². The van der Waals surface area contributed by atoms with E-state index in [1.807, 2.05) is 13.0 Å². The van der Waals surface area contributed by atoms with E-state index in [1.54, 1.807) is 13.2 Å². The molecule has 0 unspecified atom stereocenters. The molecule has 0 amide bonds. The molecule has 1 aliphatic heterocycles. The first kappa shape index (κ1) is 13.5. The fourth-order valence-electron chi connectivity index (χ4n) is 2.26. The molecule has 100 valence electrons. The van der Waals surface area contributed by atoms with Gasteiger partial charge in [0, 0.05) is 26.7 Å². The van der Waals surface area contributed by atoms with Crippen LogP contribution in [0, 0.1) is 12.7 Å². The van der Waals surface area contributed by atoms with Gasteiger partial charge in [-0.2, -0.15) is 0 Å². The number of nitrogens with zero attached hydrogens (tertiary/aromatic N) is 1. The number of rotatable bonds is 4. The fourth-order valence-corrected chi connectivity index (χ4v) is 2.26. The Morgan fingerprint density at radius 2 is 2.33 bits per heavy atom. The molecule has 0 spiro atoms. The number of methoxy groups -OCH3 is 1. The molecule has 1 fully saturated rings. The molecule has 0 N–H and O–H groups in total. The SMILES string of the molecule is COC[C@@H]1CN(Cc2cc(F)ccc2C)CCO1. The summed E-state index contributed by atoms with van der Waals surface area (Å²) in [7, 11) is 1.68. The van der Waals surface area contributed by atoms with E-state index in [9.17, 15) is 4.39 Å². The van der Waals surface area contributed by atoms with Gasteiger partial charge in [0.2, 0.25) is 0 Å². The summed E-state index contributed by atoms with van der Waals surface area (Å²) < 4.78 is 23.9. The summed E-state index contributed by atoms with van der Waals surface area (Å²) in [4.78, 5) is 2.29. The van der Waals surface area contributed by atoms with Gasteiger partial charge in [0.1, 0.15) is 5.82 Å². The first-order valence-corrected chi connectivity index (χ1v) is 6.27. The minimum atomic E-state index is -0.169. The van der Waals surface area contributed by atoms with Crippen molar-refractivity contribution in [1.82, 2.24) is 4.90 Å². The highest BCUT2D eigenvalue weighted by Gasteiger charge is 2.20. The molecule has 1 aromatic rings. The Hall–Kier alpha value is -0.970.